The van der Waals surface area contributed by atoms with E-state index >= 15 is 0 Å². The number of aryl methyl sites for hydroxylation is 2. The summed E-state index contributed by atoms with van der Waals surface area (Å²) in [5.74, 6) is 2.70. The van der Waals surface area contributed by atoms with Crippen LogP contribution in [0.25, 0.3) is 11.2 Å². The summed E-state index contributed by atoms with van der Waals surface area (Å²) in [6.45, 7) is 7.50. The van der Waals surface area contributed by atoms with Gasteiger partial charge in [0.25, 0.3) is 0 Å². The molecule has 1 unspecified atom stereocenters. The molecule has 0 bridgehead atoms. The minimum absolute atomic E-state index is 0.160. The lowest BCUT2D eigenvalue weighted by atomic mass is 10.1. The molecule has 1 atom stereocenters. The van der Waals surface area contributed by atoms with Crippen molar-refractivity contribution in [2.24, 2.45) is 0 Å². The van der Waals surface area contributed by atoms with Gasteiger partial charge in [-0.15, -0.1) is 10.2 Å². The molecule has 148 valence electrons. The van der Waals surface area contributed by atoms with E-state index in [0.717, 1.165) is 31.0 Å². The number of ether oxygens (including phenoxy) is 1. The van der Waals surface area contributed by atoms with Crippen molar-refractivity contribution >= 4 is 23.0 Å². The van der Waals surface area contributed by atoms with Crippen LogP contribution in [0.5, 0.6) is 0 Å². The molecule has 0 aromatic carbocycles. The molecule has 0 spiro atoms. The van der Waals surface area contributed by atoms with E-state index in [0.29, 0.717) is 29.4 Å². The molecule has 0 amide bonds. The van der Waals surface area contributed by atoms with E-state index in [4.69, 9.17) is 4.74 Å². The number of nitrogens with zero attached hydrogens (tertiary/aromatic N) is 7. The van der Waals surface area contributed by atoms with Crippen LogP contribution in [0.2, 0.25) is 0 Å². The summed E-state index contributed by atoms with van der Waals surface area (Å²) < 4.78 is 8.78. The molecule has 0 saturated carbocycles. The Labute approximate surface area is 162 Å². The summed E-state index contributed by atoms with van der Waals surface area (Å²) >= 11 is 0. The number of methoxy groups -OCH3 is 1. The molecule has 0 fully saturated rings. The van der Waals surface area contributed by atoms with Crippen LogP contribution in [0.15, 0.2) is 6.33 Å². The third-order valence-corrected chi connectivity index (χ3v) is 5.05. The van der Waals surface area contributed by atoms with Crippen molar-refractivity contribution in [3.05, 3.63) is 23.8 Å². The van der Waals surface area contributed by atoms with Crippen molar-refractivity contribution in [2.75, 3.05) is 12.4 Å². The van der Waals surface area contributed by atoms with Gasteiger partial charge in [-0.05, 0) is 13.3 Å². The number of aromatic nitrogens is 7. The molecule has 10 heteroatoms. The fraction of sp³-hybridized carbons (Fsp3) is 0.556. The fourth-order valence-corrected chi connectivity index (χ4v) is 3.68. The van der Waals surface area contributed by atoms with Crippen molar-refractivity contribution < 1.29 is 9.53 Å². The van der Waals surface area contributed by atoms with Crippen LogP contribution in [0.1, 0.15) is 55.4 Å². The van der Waals surface area contributed by atoms with Gasteiger partial charge in [0, 0.05) is 31.5 Å². The van der Waals surface area contributed by atoms with Crippen molar-refractivity contribution in [1.29, 1.82) is 0 Å². The molecular formula is C18H24N8O2. The molecule has 0 radical (unpaired) electrons. The summed E-state index contributed by atoms with van der Waals surface area (Å²) in [5.41, 5.74) is 1.19. The number of esters is 1. The first-order valence-corrected chi connectivity index (χ1v) is 9.51. The SMILES string of the molecule is CCn1c(C(=O)OC)nc2c(NC3CCc4nnc(C(C)C)n4C3)ncnc21. The van der Waals surface area contributed by atoms with E-state index in [9.17, 15) is 4.79 Å². The normalized spacial score (nSPS) is 16.4. The smallest absolute Gasteiger partial charge is 0.374 e. The van der Waals surface area contributed by atoms with Crippen molar-refractivity contribution in [3.63, 3.8) is 0 Å². The predicted octanol–water partition coefficient (Wildman–Crippen LogP) is 1.77. The summed E-state index contributed by atoms with van der Waals surface area (Å²) in [4.78, 5) is 25.3. The molecule has 4 heterocycles. The summed E-state index contributed by atoms with van der Waals surface area (Å²) in [7, 11) is 1.34. The maximum Gasteiger partial charge on any atom is 0.374 e. The van der Waals surface area contributed by atoms with Gasteiger partial charge in [0.15, 0.2) is 17.0 Å². The zero-order valence-corrected chi connectivity index (χ0v) is 16.5. The topological polar surface area (TPSA) is 113 Å². The lowest BCUT2D eigenvalue weighted by Gasteiger charge is -2.26. The second-order valence-electron chi connectivity index (χ2n) is 7.19. The van der Waals surface area contributed by atoms with Crippen molar-refractivity contribution in [3.8, 4) is 0 Å². The average molecular weight is 384 g/mol. The Hall–Kier alpha value is -3.04. The Bertz CT molecular complexity index is 1020. The number of hydrogen-bond acceptors (Lipinski definition) is 8. The van der Waals surface area contributed by atoms with Crippen LogP contribution < -0.4 is 5.32 Å². The zero-order chi connectivity index (χ0) is 19.8. The molecule has 10 nitrogen and oxygen atoms in total. The summed E-state index contributed by atoms with van der Waals surface area (Å²) in [6.07, 6.45) is 3.26. The second kappa shape index (κ2) is 7.17. The Balaban J connectivity index is 1.66. The van der Waals surface area contributed by atoms with Gasteiger partial charge in [0.2, 0.25) is 5.82 Å². The molecule has 3 aromatic heterocycles. The molecule has 4 rings (SSSR count). The Morgan fingerprint density at radius 3 is 2.89 bits per heavy atom. The lowest BCUT2D eigenvalue weighted by Crippen LogP contribution is -2.32. The highest BCUT2D eigenvalue weighted by atomic mass is 16.5. The number of carbonyl (C=O) groups is 1. The van der Waals surface area contributed by atoms with Crippen LogP contribution in [0, 0.1) is 0 Å². The van der Waals surface area contributed by atoms with E-state index < -0.39 is 5.97 Å². The number of carbonyl (C=O) groups excluding carboxylic acids is 1. The first-order valence-electron chi connectivity index (χ1n) is 9.51. The maximum absolute atomic E-state index is 12.1. The van der Waals surface area contributed by atoms with Gasteiger partial charge in [-0.1, -0.05) is 13.8 Å². The Morgan fingerprint density at radius 2 is 2.18 bits per heavy atom. The number of rotatable bonds is 5. The third kappa shape index (κ3) is 2.98. The summed E-state index contributed by atoms with van der Waals surface area (Å²) in [6, 6.07) is 0.160. The van der Waals surface area contributed by atoms with E-state index in [2.05, 4.69) is 48.9 Å². The molecular weight excluding hydrogens is 360 g/mol. The molecule has 0 saturated heterocycles. The predicted molar refractivity (Wildman–Crippen MR) is 102 cm³/mol. The quantitative estimate of drug-likeness (QED) is 0.662. The van der Waals surface area contributed by atoms with Crippen LogP contribution in [0.3, 0.4) is 0 Å². The van der Waals surface area contributed by atoms with Gasteiger partial charge in [-0.25, -0.2) is 19.7 Å². The van der Waals surface area contributed by atoms with Crippen LogP contribution in [-0.4, -0.2) is 53.4 Å². The Morgan fingerprint density at radius 1 is 1.36 bits per heavy atom. The monoisotopic (exact) mass is 384 g/mol. The number of fused-ring (bicyclic) bond motifs is 2. The van der Waals surface area contributed by atoms with Crippen LogP contribution >= 0.6 is 0 Å². The maximum atomic E-state index is 12.1. The van der Waals surface area contributed by atoms with E-state index in [-0.39, 0.29) is 11.9 Å². The van der Waals surface area contributed by atoms with Gasteiger partial charge < -0.3 is 19.2 Å². The minimum atomic E-state index is -0.487. The van der Waals surface area contributed by atoms with E-state index in [1.165, 1.54) is 13.4 Å². The van der Waals surface area contributed by atoms with Crippen molar-refractivity contribution in [1.82, 2.24) is 34.3 Å². The highest BCUT2D eigenvalue weighted by Gasteiger charge is 2.26. The first kappa shape index (κ1) is 18.3. The van der Waals surface area contributed by atoms with Gasteiger partial charge in [-0.3, -0.25) is 0 Å². The van der Waals surface area contributed by atoms with Gasteiger partial charge in [0.05, 0.1) is 7.11 Å². The Kier molecular flexibility index (Phi) is 4.70. The third-order valence-electron chi connectivity index (χ3n) is 5.05. The van der Waals surface area contributed by atoms with Gasteiger partial charge in [-0.2, -0.15) is 0 Å². The minimum Gasteiger partial charge on any atom is -0.463 e. The molecule has 3 aromatic rings. The van der Waals surface area contributed by atoms with Crippen LogP contribution in [0.4, 0.5) is 5.82 Å². The fourth-order valence-electron chi connectivity index (χ4n) is 3.68. The first-order chi connectivity index (χ1) is 13.5. The average Bonchev–Trinajstić information content (AvgIpc) is 3.28. The van der Waals surface area contributed by atoms with Crippen LogP contribution in [-0.2, 0) is 24.2 Å². The molecule has 1 aliphatic heterocycles. The van der Waals surface area contributed by atoms with Gasteiger partial charge >= 0.3 is 5.97 Å². The highest BCUT2D eigenvalue weighted by molar-refractivity contribution is 5.93. The molecule has 28 heavy (non-hydrogen) atoms. The largest absolute Gasteiger partial charge is 0.463 e. The number of hydrogen-bond donors (Lipinski definition) is 1. The lowest BCUT2D eigenvalue weighted by molar-refractivity contribution is 0.0582. The number of nitrogens with one attached hydrogen (secondary N) is 1. The summed E-state index contributed by atoms with van der Waals surface area (Å²) in [5, 5.41) is 12.1. The second-order valence-corrected chi connectivity index (χ2v) is 7.19. The van der Waals surface area contributed by atoms with Crippen molar-refractivity contribution in [2.45, 2.75) is 58.7 Å². The number of imidazole rings is 1. The van der Waals surface area contributed by atoms with E-state index in [1.54, 1.807) is 4.57 Å². The molecule has 0 aliphatic carbocycles. The standard InChI is InChI=1S/C18H24N8O2/c1-5-25-16-13(22-17(25)18(27)28-4)14(19-9-20-16)21-11-6-7-12-23-24-15(10(2)3)26(12)8-11/h9-11H,5-8H2,1-4H3,(H,19,20,21). The van der Waals surface area contributed by atoms with Gasteiger partial charge in [0.1, 0.15) is 18.0 Å². The molecule has 1 aliphatic rings. The number of anilines is 1. The zero-order valence-electron chi connectivity index (χ0n) is 16.5. The van der Waals surface area contributed by atoms with E-state index in [1.807, 2.05) is 6.92 Å². The molecule has 1 N–H and O–H groups in total. The highest BCUT2D eigenvalue weighted by Crippen LogP contribution is 2.25.